The molecule has 0 spiro atoms. The standard InChI is InChI=1S/C30H41O.C21H23.2CH3.2ClH.H3Si.Zr/c1-22-21-24-13-12-15-27(23-16-18-25(19-17-23)29(2,3)4)28(24)26(22)14-10-8-9-11-20-31-30(5,6)7;1-5-15-13-17-7-6-8-19(20(17)14-15)16-9-11-18(12-10-16)21(2,3)4;;;;;;/h12-13,15-19,21H,8-11,14,20H2,1-7H3;6-14H,5H2,1-4H3;2*1H3;2*1H;1H3;/q;;;;;;;+2/p-2. The minimum absolute atomic E-state index is 0.0368. The van der Waals surface area contributed by atoms with E-state index >= 15 is 0 Å². The van der Waals surface area contributed by atoms with Gasteiger partial charge in [0.05, 0.1) is 0 Å². The van der Waals surface area contributed by atoms with Crippen LogP contribution in [0.1, 0.15) is 155 Å². The molecule has 1 nitrogen and oxygen atoms in total. The second-order valence-corrected chi connectivity index (χ2v) is 105. The number of benzene rings is 4. The molecular weight excluding hydrogens is 843 g/mol. The fraction of sp³-hybridized carbons (Fsp3) is 0.472. The minimum atomic E-state index is -5.99. The van der Waals surface area contributed by atoms with Gasteiger partial charge in [0.2, 0.25) is 0 Å². The molecule has 0 saturated heterocycles. The van der Waals surface area contributed by atoms with E-state index in [9.17, 15) is 0 Å². The van der Waals surface area contributed by atoms with E-state index < -0.39 is 12.6 Å². The van der Waals surface area contributed by atoms with Crippen molar-refractivity contribution in [2.75, 3.05) is 6.61 Å². The molecule has 0 saturated carbocycles. The van der Waals surface area contributed by atoms with Crippen LogP contribution in [0.5, 0.6) is 0 Å². The van der Waals surface area contributed by atoms with Gasteiger partial charge in [-0.25, -0.2) is 0 Å². The first kappa shape index (κ1) is 45.5. The zero-order valence-corrected chi connectivity index (χ0v) is 44.4. The first-order valence-electron chi connectivity index (χ1n) is 22.2. The Morgan fingerprint density at radius 1 is 0.638 bits per heavy atom. The number of halogens is 2. The molecule has 0 bridgehead atoms. The van der Waals surface area contributed by atoms with Crippen molar-refractivity contribution in [3.63, 3.8) is 0 Å². The molecule has 0 radical (unpaired) electrons. The van der Waals surface area contributed by atoms with Gasteiger partial charge >= 0.3 is 359 Å². The SMILES string of the molecule is CCC1=Cc2c(-c3ccc(C(C)(C)C)cc3)cccc2[CH]1[Zr]([CH3])([CH3])([SiH3])([Cl])([Cl])[CH]1C(C)=C(CCCCCCOC(C)(C)C)c2c(-c3ccc(C(C)(C)C)cc3)cccc21. The molecule has 58 heavy (non-hydrogen) atoms. The van der Waals surface area contributed by atoms with Gasteiger partial charge in [0, 0.05) is 0 Å². The molecule has 6 rings (SSSR count). The molecule has 5 heteroatoms. The Kier molecular flexibility index (Phi) is 11.4. The van der Waals surface area contributed by atoms with Crippen molar-refractivity contribution in [1.29, 1.82) is 0 Å². The van der Waals surface area contributed by atoms with E-state index in [0.29, 0.717) is 7.37 Å². The fourth-order valence-corrected chi connectivity index (χ4v) is 44.2. The Bertz CT molecular complexity index is 2260. The normalized spacial score (nSPS) is 19.3. The summed E-state index contributed by atoms with van der Waals surface area (Å²) in [6.45, 7) is 25.6. The van der Waals surface area contributed by atoms with Crippen LogP contribution < -0.4 is 0 Å². The van der Waals surface area contributed by atoms with Crippen LogP contribution in [0.3, 0.4) is 0 Å². The van der Waals surface area contributed by atoms with E-state index in [1.807, 2.05) is 0 Å². The number of rotatable bonds is 12. The fourth-order valence-electron chi connectivity index (χ4n) is 11.0. The molecule has 0 aliphatic heterocycles. The van der Waals surface area contributed by atoms with Crippen LogP contribution in [0.25, 0.3) is 33.9 Å². The zero-order chi connectivity index (χ0) is 42.8. The van der Waals surface area contributed by atoms with Crippen molar-refractivity contribution < 1.29 is 17.3 Å². The summed E-state index contributed by atoms with van der Waals surface area (Å²) in [5.41, 5.74) is 17.4. The monoisotopic (exact) mass is 913 g/mol. The molecule has 2 aliphatic carbocycles. The molecule has 313 valence electrons. The molecule has 0 aromatic heterocycles. The molecule has 0 N–H and O–H groups in total. The maximum atomic E-state index is 9.03. The summed E-state index contributed by atoms with van der Waals surface area (Å²) in [6.07, 6.45) is 8.95. The summed E-state index contributed by atoms with van der Waals surface area (Å²) in [6, 6.07) is 32.4. The zero-order valence-electron chi connectivity index (χ0n) is 38.4. The molecular formula is C53H73Cl2OSiZr. The average Bonchev–Trinajstić information content (AvgIpc) is 3.66. The third kappa shape index (κ3) is 8.84. The van der Waals surface area contributed by atoms with Crippen LogP contribution >= 0.6 is 17.0 Å². The van der Waals surface area contributed by atoms with Crippen molar-refractivity contribution in [2.24, 2.45) is 0 Å². The predicted molar refractivity (Wildman–Crippen MR) is 260 cm³/mol. The molecule has 2 unspecified atom stereocenters. The molecule has 4 aromatic rings. The van der Waals surface area contributed by atoms with Crippen LogP contribution in [0, 0.1) is 0 Å². The number of fused-ring (bicyclic) bond motifs is 2. The summed E-state index contributed by atoms with van der Waals surface area (Å²) in [4.78, 5) is 0. The molecule has 0 fully saturated rings. The van der Waals surface area contributed by atoms with Crippen molar-refractivity contribution >= 4 is 36.0 Å². The summed E-state index contributed by atoms with van der Waals surface area (Å²) in [7, 11) is 18.7. The van der Waals surface area contributed by atoms with Gasteiger partial charge in [0.1, 0.15) is 0 Å². The molecule has 2 aliphatic rings. The van der Waals surface area contributed by atoms with E-state index in [0.717, 1.165) is 32.3 Å². The summed E-state index contributed by atoms with van der Waals surface area (Å²) < 4.78 is 10.8. The summed E-state index contributed by atoms with van der Waals surface area (Å²) in [5.74, 6) is 0. The maximum absolute atomic E-state index is 9.03. The van der Waals surface area contributed by atoms with Gasteiger partial charge in [-0.1, -0.05) is 0 Å². The van der Waals surface area contributed by atoms with Crippen molar-refractivity contribution in [1.82, 2.24) is 0 Å². The summed E-state index contributed by atoms with van der Waals surface area (Å²) >= 11 is -5.99. The van der Waals surface area contributed by atoms with Crippen molar-refractivity contribution in [3.05, 3.63) is 129 Å². The Morgan fingerprint density at radius 3 is 1.66 bits per heavy atom. The first-order chi connectivity index (χ1) is 26.6. The van der Waals surface area contributed by atoms with Gasteiger partial charge in [-0.15, -0.1) is 0 Å². The Hall–Kier alpha value is -2.00. The van der Waals surface area contributed by atoms with Gasteiger partial charge in [0.25, 0.3) is 0 Å². The second-order valence-electron chi connectivity index (χ2n) is 23.5. The molecule has 4 aromatic carbocycles. The molecule has 0 amide bonds. The molecule has 0 heterocycles. The van der Waals surface area contributed by atoms with Crippen molar-refractivity contribution in [2.45, 2.75) is 148 Å². The quantitative estimate of drug-likeness (QED) is 0.102. The van der Waals surface area contributed by atoms with E-state index in [1.54, 1.807) is 0 Å². The van der Waals surface area contributed by atoms with Crippen LogP contribution in [-0.4, -0.2) is 19.6 Å². The van der Waals surface area contributed by atoms with Crippen LogP contribution in [0.2, 0.25) is 9.26 Å². The predicted octanol–water partition coefficient (Wildman–Crippen LogP) is 16.2. The van der Waals surface area contributed by atoms with E-state index in [4.69, 9.17) is 21.8 Å². The van der Waals surface area contributed by atoms with Gasteiger partial charge in [-0.2, -0.15) is 0 Å². The van der Waals surface area contributed by atoms with Gasteiger partial charge in [-0.3, -0.25) is 0 Å². The average molecular weight is 916 g/mol. The van der Waals surface area contributed by atoms with E-state index in [2.05, 4.69) is 176 Å². The topological polar surface area (TPSA) is 9.23 Å². The van der Waals surface area contributed by atoms with E-state index in [1.165, 1.54) is 85.2 Å². The number of hydrogen-bond donors (Lipinski definition) is 0. The van der Waals surface area contributed by atoms with Crippen molar-refractivity contribution in [3.8, 4) is 22.3 Å². The summed E-state index contributed by atoms with van der Waals surface area (Å²) in [5, 5.41) is 0. The van der Waals surface area contributed by atoms with Gasteiger partial charge in [0.15, 0.2) is 0 Å². The Labute approximate surface area is 356 Å². The number of ether oxygens (including phenoxy) is 1. The van der Waals surface area contributed by atoms with E-state index in [-0.39, 0.29) is 23.7 Å². The van der Waals surface area contributed by atoms with Crippen LogP contribution in [0.15, 0.2) is 96.1 Å². The number of allylic oxidation sites excluding steroid dienone is 3. The molecule has 2 atom stereocenters. The number of hydrogen-bond acceptors (Lipinski definition) is 1. The Morgan fingerprint density at radius 2 is 1.14 bits per heavy atom. The number of unbranched alkanes of at least 4 members (excludes halogenated alkanes) is 3. The third-order valence-electron chi connectivity index (χ3n) is 13.7. The third-order valence-corrected chi connectivity index (χ3v) is 41.5. The van der Waals surface area contributed by atoms with Gasteiger partial charge < -0.3 is 0 Å². The van der Waals surface area contributed by atoms with Crippen LogP contribution in [0.4, 0.5) is 0 Å². The van der Waals surface area contributed by atoms with Crippen LogP contribution in [-0.2, 0) is 28.2 Å². The van der Waals surface area contributed by atoms with Gasteiger partial charge in [-0.05, 0) is 0 Å². The Balaban J connectivity index is 1.49. The first-order valence-corrected chi connectivity index (χ1v) is 44.7. The second kappa shape index (κ2) is 14.5.